The largest absolute Gasteiger partial charge is 0.374 e. The maximum absolute atomic E-state index is 5.39. The van der Waals surface area contributed by atoms with Gasteiger partial charge in [-0.2, -0.15) is 0 Å². The molecule has 0 radical (unpaired) electrons. The number of hydrogen-bond acceptors (Lipinski definition) is 2. The molecule has 3 aromatic carbocycles. The highest BCUT2D eigenvalue weighted by Gasteiger charge is 2.33. The quantitative estimate of drug-likeness (QED) is 0.388. The Labute approximate surface area is 203 Å². The fourth-order valence-corrected chi connectivity index (χ4v) is 4.97. The lowest BCUT2D eigenvalue weighted by molar-refractivity contribution is 0.365. The van der Waals surface area contributed by atoms with Gasteiger partial charge in [-0.1, -0.05) is 109 Å². The van der Waals surface area contributed by atoms with E-state index in [4.69, 9.17) is 4.99 Å². The van der Waals surface area contributed by atoms with Gasteiger partial charge in [0, 0.05) is 29.9 Å². The Morgan fingerprint density at radius 1 is 0.735 bits per heavy atom. The van der Waals surface area contributed by atoms with Gasteiger partial charge in [0.15, 0.2) is 0 Å². The summed E-state index contributed by atoms with van der Waals surface area (Å²) in [7, 11) is 0. The molecule has 2 aliphatic rings. The Balaban J connectivity index is 1.92. The number of nitrogens with zero attached hydrogens (tertiary/aromatic N) is 2. The smallest absolute Gasteiger partial charge is 0.0813 e. The molecule has 0 spiro atoms. The van der Waals surface area contributed by atoms with Crippen LogP contribution in [0.5, 0.6) is 0 Å². The van der Waals surface area contributed by atoms with Crippen molar-refractivity contribution in [3.05, 3.63) is 143 Å². The fourth-order valence-electron chi connectivity index (χ4n) is 4.97. The van der Waals surface area contributed by atoms with Crippen molar-refractivity contribution >= 4 is 16.9 Å². The average Bonchev–Trinajstić information content (AvgIpc) is 2.91. The van der Waals surface area contributed by atoms with Crippen LogP contribution in [-0.4, -0.2) is 23.7 Å². The van der Waals surface area contributed by atoms with Crippen molar-refractivity contribution in [1.82, 2.24) is 4.90 Å². The minimum absolute atomic E-state index is 0.150. The number of dihydropyridines is 1. The van der Waals surface area contributed by atoms with Crippen LogP contribution in [0.1, 0.15) is 30.5 Å². The number of benzene rings is 3. The van der Waals surface area contributed by atoms with Crippen LogP contribution in [0.3, 0.4) is 0 Å². The normalized spacial score (nSPS) is 16.8. The van der Waals surface area contributed by atoms with Crippen LogP contribution < -0.4 is 0 Å². The first kappa shape index (κ1) is 21.9. The fraction of sp³-hybridized carbons (Fsp3) is 0.156. The van der Waals surface area contributed by atoms with Gasteiger partial charge in [0.05, 0.1) is 17.3 Å². The monoisotopic (exact) mass is 442 g/mol. The Hall–Kier alpha value is -3.91. The topological polar surface area (TPSA) is 15.6 Å². The molecule has 0 amide bonds. The summed E-state index contributed by atoms with van der Waals surface area (Å²) in [5, 5.41) is 0. The van der Waals surface area contributed by atoms with Gasteiger partial charge >= 0.3 is 0 Å². The molecular formula is C32H30N2. The summed E-state index contributed by atoms with van der Waals surface area (Å²) in [6.07, 6.45) is 8.71. The second-order valence-corrected chi connectivity index (χ2v) is 8.51. The summed E-state index contributed by atoms with van der Waals surface area (Å²) >= 11 is 0. The van der Waals surface area contributed by atoms with Crippen molar-refractivity contribution in [3.63, 3.8) is 0 Å². The van der Waals surface area contributed by atoms with E-state index in [2.05, 4.69) is 134 Å². The van der Waals surface area contributed by atoms with Crippen LogP contribution in [-0.2, 0) is 0 Å². The molecule has 0 saturated heterocycles. The van der Waals surface area contributed by atoms with Crippen molar-refractivity contribution < 1.29 is 0 Å². The zero-order valence-corrected chi connectivity index (χ0v) is 19.9. The first-order chi connectivity index (χ1) is 16.8. The molecule has 1 atom stereocenters. The number of allylic oxidation sites excluding steroid dienone is 5. The van der Waals surface area contributed by atoms with Crippen molar-refractivity contribution in [1.29, 1.82) is 0 Å². The van der Waals surface area contributed by atoms with Gasteiger partial charge in [0.2, 0.25) is 0 Å². The molecule has 0 N–H and O–H groups in total. The van der Waals surface area contributed by atoms with E-state index in [0.29, 0.717) is 0 Å². The molecule has 1 aliphatic carbocycles. The second-order valence-electron chi connectivity index (χ2n) is 8.51. The van der Waals surface area contributed by atoms with Crippen LogP contribution in [0.2, 0.25) is 0 Å². The molecule has 168 valence electrons. The number of aliphatic imine (C=N–C) groups is 1. The third-order valence-corrected chi connectivity index (χ3v) is 6.56. The molecular weight excluding hydrogens is 412 g/mol. The predicted molar refractivity (Wildman–Crippen MR) is 144 cm³/mol. The third-order valence-electron chi connectivity index (χ3n) is 6.56. The molecule has 1 aliphatic heterocycles. The van der Waals surface area contributed by atoms with E-state index >= 15 is 0 Å². The third kappa shape index (κ3) is 4.08. The van der Waals surface area contributed by atoms with Gasteiger partial charge in [0.1, 0.15) is 0 Å². The van der Waals surface area contributed by atoms with Crippen molar-refractivity contribution in [2.45, 2.75) is 13.8 Å². The van der Waals surface area contributed by atoms with Crippen LogP contribution in [0.25, 0.3) is 11.1 Å². The molecule has 5 rings (SSSR count). The molecule has 2 heteroatoms. The van der Waals surface area contributed by atoms with E-state index < -0.39 is 0 Å². The molecule has 1 heterocycles. The Bertz CT molecular complexity index is 1250. The van der Waals surface area contributed by atoms with Gasteiger partial charge in [-0.3, -0.25) is 4.99 Å². The van der Waals surface area contributed by atoms with E-state index in [1.165, 1.54) is 33.5 Å². The van der Waals surface area contributed by atoms with Gasteiger partial charge in [0.25, 0.3) is 0 Å². The molecule has 1 unspecified atom stereocenters. The minimum atomic E-state index is 0.150. The average molecular weight is 443 g/mol. The summed E-state index contributed by atoms with van der Waals surface area (Å²) in [6.45, 7) is 6.38. The molecule has 0 bridgehead atoms. The van der Waals surface area contributed by atoms with Gasteiger partial charge in [-0.15, -0.1) is 0 Å². The SMILES string of the molecule is CCN(CC)C1=C(c2ccccc2)C(=C(c2ccccc2)c2ccccc2)N=C2C=CC=CC21. The van der Waals surface area contributed by atoms with Crippen molar-refractivity contribution in [3.8, 4) is 0 Å². The van der Waals surface area contributed by atoms with E-state index in [1.54, 1.807) is 0 Å². The zero-order chi connectivity index (χ0) is 23.3. The first-order valence-electron chi connectivity index (χ1n) is 12.1. The summed E-state index contributed by atoms with van der Waals surface area (Å²) in [5.41, 5.74) is 9.42. The van der Waals surface area contributed by atoms with E-state index in [9.17, 15) is 0 Å². The van der Waals surface area contributed by atoms with E-state index in [1.807, 2.05) is 0 Å². The standard InChI is InChI=1S/C32H30N2/c1-3-34(4-2)32-27-22-14-15-23-28(27)33-31(30(32)26-20-12-7-13-21-26)29(24-16-8-5-9-17-24)25-18-10-6-11-19-25/h5-23,27H,3-4H2,1-2H3. The number of fused-ring (bicyclic) bond motifs is 1. The maximum atomic E-state index is 5.39. The second kappa shape index (κ2) is 9.93. The van der Waals surface area contributed by atoms with Gasteiger partial charge < -0.3 is 4.90 Å². The van der Waals surface area contributed by atoms with Gasteiger partial charge in [-0.05, 0) is 36.6 Å². The van der Waals surface area contributed by atoms with Crippen molar-refractivity contribution in [2.24, 2.45) is 10.9 Å². The number of rotatable bonds is 6. The molecule has 2 nitrogen and oxygen atoms in total. The summed E-state index contributed by atoms with van der Waals surface area (Å²) < 4.78 is 0. The van der Waals surface area contributed by atoms with Crippen molar-refractivity contribution in [2.75, 3.05) is 13.1 Å². The van der Waals surface area contributed by atoms with Crippen LogP contribution in [0.15, 0.2) is 132 Å². The lowest BCUT2D eigenvalue weighted by Crippen LogP contribution is -2.34. The summed E-state index contributed by atoms with van der Waals surface area (Å²) in [4.78, 5) is 7.89. The van der Waals surface area contributed by atoms with Crippen LogP contribution in [0.4, 0.5) is 0 Å². The number of hydrogen-bond donors (Lipinski definition) is 0. The maximum Gasteiger partial charge on any atom is 0.0813 e. The Morgan fingerprint density at radius 3 is 1.85 bits per heavy atom. The molecule has 0 saturated carbocycles. The van der Waals surface area contributed by atoms with E-state index in [0.717, 1.165) is 24.5 Å². The summed E-state index contributed by atoms with van der Waals surface area (Å²) in [5.74, 6) is 0.150. The van der Waals surface area contributed by atoms with E-state index in [-0.39, 0.29) is 5.92 Å². The molecule has 0 aromatic heterocycles. The van der Waals surface area contributed by atoms with Gasteiger partial charge in [-0.25, -0.2) is 0 Å². The molecule has 34 heavy (non-hydrogen) atoms. The minimum Gasteiger partial charge on any atom is -0.374 e. The Kier molecular flexibility index (Phi) is 6.40. The highest BCUT2D eigenvalue weighted by Crippen LogP contribution is 2.44. The zero-order valence-electron chi connectivity index (χ0n) is 19.9. The summed E-state index contributed by atoms with van der Waals surface area (Å²) in [6, 6.07) is 32.1. The van der Waals surface area contributed by atoms with Crippen LogP contribution >= 0.6 is 0 Å². The predicted octanol–water partition coefficient (Wildman–Crippen LogP) is 7.40. The highest BCUT2D eigenvalue weighted by molar-refractivity contribution is 6.10. The lowest BCUT2D eigenvalue weighted by Gasteiger charge is -2.37. The highest BCUT2D eigenvalue weighted by atomic mass is 15.1. The Morgan fingerprint density at radius 2 is 1.29 bits per heavy atom. The first-order valence-corrected chi connectivity index (χ1v) is 12.1. The molecule has 3 aromatic rings. The van der Waals surface area contributed by atoms with Crippen LogP contribution in [0, 0.1) is 5.92 Å². The lowest BCUT2D eigenvalue weighted by atomic mass is 9.81. The molecule has 0 fully saturated rings.